The van der Waals surface area contributed by atoms with Crippen LogP contribution in [0.4, 0.5) is 10.1 Å². The summed E-state index contributed by atoms with van der Waals surface area (Å²) in [5.41, 5.74) is 2.18. The van der Waals surface area contributed by atoms with E-state index in [4.69, 9.17) is 0 Å². The zero-order valence-corrected chi connectivity index (χ0v) is 15.5. The van der Waals surface area contributed by atoms with Crippen LogP contribution in [0.25, 0.3) is 5.76 Å². The van der Waals surface area contributed by atoms with Crippen LogP contribution < -0.4 is 4.90 Å². The highest BCUT2D eigenvalue weighted by Gasteiger charge is 2.47. The Bertz CT molecular complexity index is 1120. The molecule has 1 saturated heterocycles. The van der Waals surface area contributed by atoms with E-state index in [0.717, 1.165) is 5.56 Å². The maximum atomic E-state index is 13.8. The fraction of sp³-hybridized carbons (Fsp3) is 0.0870. The zero-order chi connectivity index (χ0) is 20.5. The molecular weight excluding hydrogens is 371 g/mol. The summed E-state index contributed by atoms with van der Waals surface area (Å²) < 4.78 is 13.8. The predicted molar refractivity (Wildman–Crippen MR) is 107 cm³/mol. The van der Waals surface area contributed by atoms with Crippen molar-refractivity contribution in [2.45, 2.75) is 13.0 Å². The van der Waals surface area contributed by atoms with Gasteiger partial charge in [0.25, 0.3) is 11.7 Å². The summed E-state index contributed by atoms with van der Waals surface area (Å²) >= 11 is 0. The molecule has 1 aliphatic heterocycles. The van der Waals surface area contributed by atoms with E-state index in [2.05, 4.69) is 4.98 Å². The van der Waals surface area contributed by atoms with Gasteiger partial charge in [-0.15, -0.1) is 0 Å². The number of Topliss-reactive ketones (excluding diaryl/α,β-unsaturated/α-hetero) is 1. The van der Waals surface area contributed by atoms with Crippen molar-refractivity contribution in [2.75, 3.05) is 4.90 Å². The Balaban J connectivity index is 1.94. The van der Waals surface area contributed by atoms with Crippen molar-refractivity contribution in [1.29, 1.82) is 0 Å². The van der Waals surface area contributed by atoms with Crippen LogP contribution in [0.3, 0.4) is 0 Å². The van der Waals surface area contributed by atoms with Gasteiger partial charge in [-0.1, -0.05) is 35.9 Å². The molecule has 5 nitrogen and oxygen atoms in total. The van der Waals surface area contributed by atoms with Gasteiger partial charge in [0, 0.05) is 23.6 Å². The van der Waals surface area contributed by atoms with Gasteiger partial charge in [-0.3, -0.25) is 19.5 Å². The Kier molecular flexibility index (Phi) is 4.68. The Labute approximate surface area is 166 Å². The highest BCUT2D eigenvalue weighted by molar-refractivity contribution is 6.51. The minimum atomic E-state index is -0.902. The monoisotopic (exact) mass is 388 g/mol. The summed E-state index contributed by atoms with van der Waals surface area (Å²) in [7, 11) is 0. The molecule has 4 rings (SSSR count). The first-order valence-corrected chi connectivity index (χ1v) is 9.01. The molecule has 0 aliphatic carbocycles. The smallest absolute Gasteiger partial charge is 0.300 e. The normalized spacial score (nSPS) is 18.3. The van der Waals surface area contributed by atoms with E-state index in [1.807, 2.05) is 6.92 Å². The van der Waals surface area contributed by atoms with Gasteiger partial charge in [-0.2, -0.15) is 0 Å². The molecule has 2 heterocycles. The lowest BCUT2D eigenvalue weighted by Crippen LogP contribution is -2.29. The number of nitrogens with zero attached hydrogens (tertiary/aromatic N) is 2. The van der Waals surface area contributed by atoms with Gasteiger partial charge >= 0.3 is 0 Å². The second-order valence-electron chi connectivity index (χ2n) is 6.80. The van der Waals surface area contributed by atoms with Crippen LogP contribution in [0.1, 0.15) is 22.7 Å². The molecule has 1 amide bonds. The molecule has 0 bridgehead atoms. The number of aliphatic hydroxyl groups is 1. The third-order valence-corrected chi connectivity index (χ3v) is 4.88. The molecule has 29 heavy (non-hydrogen) atoms. The first-order valence-electron chi connectivity index (χ1n) is 9.01. The number of aromatic nitrogens is 1. The van der Waals surface area contributed by atoms with Crippen molar-refractivity contribution in [3.05, 3.63) is 101 Å². The van der Waals surface area contributed by atoms with Crippen LogP contribution in [0.15, 0.2) is 78.6 Å². The summed E-state index contributed by atoms with van der Waals surface area (Å²) in [6.45, 7) is 1.91. The number of halogens is 1. The fourth-order valence-corrected chi connectivity index (χ4v) is 3.45. The molecule has 0 radical (unpaired) electrons. The molecular formula is C23H17FN2O3. The molecule has 144 valence electrons. The lowest BCUT2D eigenvalue weighted by molar-refractivity contribution is -0.132. The lowest BCUT2D eigenvalue weighted by Gasteiger charge is -2.25. The number of hydrogen-bond donors (Lipinski definition) is 1. The number of carbonyl (C=O) groups excluding carboxylic acids is 2. The van der Waals surface area contributed by atoms with E-state index >= 15 is 0 Å². The molecule has 0 saturated carbocycles. The van der Waals surface area contributed by atoms with Crippen LogP contribution in [-0.2, 0) is 9.59 Å². The van der Waals surface area contributed by atoms with Crippen molar-refractivity contribution in [1.82, 2.24) is 4.98 Å². The van der Waals surface area contributed by atoms with Crippen molar-refractivity contribution in [3.8, 4) is 0 Å². The van der Waals surface area contributed by atoms with Gasteiger partial charge in [0.2, 0.25) is 0 Å². The number of hydrogen-bond acceptors (Lipinski definition) is 4. The predicted octanol–water partition coefficient (Wildman–Crippen LogP) is 4.16. The van der Waals surface area contributed by atoms with E-state index in [1.54, 1.807) is 42.5 Å². The van der Waals surface area contributed by atoms with Crippen molar-refractivity contribution in [2.24, 2.45) is 0 Å². The number of carbonyl (C=O) groups is 2. The van der Waals surface area contributed by atoms with E-state index in [-0.39, 0.29) is 17.0 Å². The van der Waals surface area contributed by atoms with Gasteiger partial charge in [0.15, 0.2) is 0 Å². The molecule has 0 spiro atoms. The fourth-order valence-electron chi connectivity index (χ4n) is 3.45. The number of amides is 1. The lowest BCUT2D eigenvalue weighted by atomic mass is 9.95. The van der Waals surface area contributed by atoms with Gasteiger partial charge < -0.3 is 5.11 Å². The largest absolute Gasteiger partial charge is 0.507 e. The SMILES string of the molecule is Cc1ccc(/C(O)=C2\C(=O)C(=O)N(c3cccc(F)c3)C2c2ccncc2)cc1. The minimum Gasteiger partial charge on any atom is -0.507 e. The molecule has 2 aromatic carbocycles. The number of aliphatic hydroxyl groups excluding tert-OH is 1. The van der Waals surface area contributed by atoms with Crippen molar-refractivity contribution < 1.29 is 19.1 Å². The standard InChI is InChI=1S/C23H17FN2O3/c1-14-5-7-16(8-6-14)21(27)19-20(15-9-11-25-12-10-15)26(23(29)22(19)28)18-4-2-3-17(24)13-18/h2-13,20,27H,1H3/b21-19+. The van der Waals surface area contributed by atoms with Crippen molar-refractivity contribution in [3.63, 3.8) is 0 Å². The Hall–Kier alpha value is -3.80. The second-order valence-corrected chi connectivity index (χ2v) is 6.80. The number of aryl methyl sites for hydroxylation is 1. The quantitative estimate of drug-likeness (QED) is 0.416. The number of rotatable bonds is 3. The maximum absolute atomic E-state index is 13.8. The number of ketones is 1. The molecule has 1 fully saturated rings. The van der Waals surface area contributed by atoms with E-state index in [0.29, 0.717) is 11.1 Å². The average Bonchev–Trinajstić information content (AvgIpc) is 2.99. The Morgan fingerprint density at radius 3 is 2.38 bits per heavy atom. The Morgan fingerprint density at radius 2 is 1.72 bits per heavy atom. The topological polar surface area (TPSA) is 70.5 Å². The van der Waals surface area contributed by atoms with E-state index < -0.39 is 23.5 Å². The first kappa shape index (κ1) is 18.6. The average molecular weight is 388 g/mol. The Morgan fingerprint density at radius 1 is 1.03 bits per heavy atom. The molecule has 1 atom stereocenters. The number of benzene rings is 2. The van der Waals surface area contributed by atoms with E-state index in [1.165, 1.54) is 35.5 Å². The van der Waals surface area contributed by atoms with Gasteiger partial charge in [-0.05, 0) is 42.8 Å². The molecule has 6 heteroatoms. The maximum Gasteiger partial charge on any atom is 0.300 e. The molecule has 1 N–H and O–H groups in total. The van der Waals surface area contributed by atoms with E-state index in [9.17, 15) is 19.1 Å². The van der Waals surface area contributed by atoms with Crippen LogP contribution in [-0.4, -0.2) is 21.8 Å². The zero-order valence-electron chi connectivity index (χ0n) is 15.5. The highest BCUT2D eigenvalue weighted by atomic mass is 19.1. The minimum absolute atomic E-state index is 0.0469. The highest BCUT2D eigenvalue weighted by Crippen LogP contribution is 2.42. The summed E-state index contributed by atoms with van der Waals surface area (Å²) in [5, 5.41) is 10.9. The van der Waals surface area contributed by atoms with Crippen LogP contribution in [0, 0.1) is 12.7 Å². The summed E-state index contributed by atoms with van der Waals surface area (Å²) in [5.74, 6) is -2.46. The molecule has 3 aromatic rings. The summed E-state index contributed by atoms with van der Waals surface area (Å²) in [4.78, 5) is 31.0. The second kappa shape index (κ2) is 7.31. The number of anilines is 1. The van der Waals surface area contributed by atoms with Gasteiger partial charge in [0.1, 0.15) is 11.6 Å². The third-order valence-electron chi connectivity index (χ3n) is 4.88. The molecule has 1 aromatic heterocycles. The number of pyridine rings is 1. The van der Waals surface area contributed by atoms with Crippen LogP contribution in [0.2, 0.25) is 0 Å². The van der Waals surface area contributed by atoms with Gasteiger partial charge in [-0.25, -0.2) is 4.39 Å². The first-order chi connectivity index (χ1) is 14.0. The third kappa shape index (κ3) is 3.29. The molecule has 1 unspecified atom stereocenters. The van der Waals surface area contributed by atoms with Crippen LogP contribution >= 0.6 is 0 Å². The summed E-state index contributed by atoms with van der Waals surface area (Å²) in [6.07, 6.45) is 3.07. The van der Waals surface area contributed by atoms with Crippen molar-refractivity contribution >= 4 is 23.1 Å². The summed E-state index contributed by atoms with van der Waals surface area (Å²) in [6, 6.07) is 14.9. The van der Waals surface area contributed by atoms with Gasteiger partial charge in [0.05, 0.1) is 11.6 Å². The molecule has 1 aliphatic rings. The van der Waals surface area contributed by atoms with Crippen LogP contribution in [0.5, 0.6) is 0 Å².